The summed E-state index contributed by atoms with van der Waals surface area (Å²) in [5.41, 5.74) is 0. The van der Waals surface area contributed by atoms with Crippen LogP contribution in [0, 0.1) is 12.3 Å². The molecule has 0 aliphatic carbocycles. The Morgan fingerprint density at radius 2 is 2.00 bits per heavy atom. The monoisotopic (exact) mass is 196 g/mol. The number of benzene rings is 1. The number of halogens is 1. The van der Waals surface area contributed by atoms with Crippen molar-refractivity contribution in [2.75, 3.05) is 5.75 Å². The van der Waals surface area contributed by atoms with Gasteiger partial charge in [-0.2, -0.15) is 0 Å². The summed E-state index contributed by atoms with van der Waals surface area (Å²) >= 11 is 7.48. The van der Waals surface area contributed by atoms with E-state index in [1.54, 1.807) is 11.8 Å². The van der Waals surface area contributed by atoms with Crippen molar-refractivity contribution in [1.29, 1.82) is 0 Å². The average Bonchev–Trinajstić information content (AvgIpc) is 2.09. The van der Waals surface area contributed by atoms with Crippen molar-refractivity contribution < 1.29 is 0 Å². The second kappa shape index (κ2) is 5.13. The van der Waals surface area contributed by atoms with Gasteiger partial charge in [0, 0.05) is 22.1 Å². The van der Waals surface area contributed by atoms with Crippen LogP contribution in [0.5, 0.6) is 0 Å². The third-order valence-electron chi connectivity index (χ3n) is 1.33. The van der Waals surface area contributed by atoms with Gasteiger partial charge in [-0.05, 0) is 24.3 Å². The van der Waals surface area contributed by atoms with E-state index in [1.165, 1.54) is 4.90 Å². The lowest BCUT2D eigenvalue weighted by molar-refractivity contribution is 1.29. The van der Waals surface area contributed by atoms with Crippen molar-refractivity contribution in [3.05, 3.63) is 29.3 Å². The summed E-state index contributed by atoms with van der Waals surface area (Å²) < 4.78 is 0. The minimum Gasteiger partial charge on any atom is -0.125 e. The first kappa shape index (κ1) is 9.51. The van der Waals surface area contributed by atoms with Crippen LogP contribution in [0.2, 0.25) is 5.02 Å². The highest BCUT2D eigenvalue weighted by Crippen LogP contribution is 2.20. The zero-order chi connectivity index (χ0) is 8.81. The fraction of sp³-hybridized carbons (Fsp3) is 0.200. The van der Waals surface area contributed by atoms with E-state index in [0.29, 0.717) is 0 Å². The summed E-state index contributed by atoms with van der Waals surface area (Å²) in [6.07, 6.45) is 5.95. The molecule has 0 spiro atoms. The first-order chi connectivity index (χ1) is 5.83. The van der Waals surface area contributed by atoms with Gasteiger partial charge in [0.2, 0.25) is 0 Å². The molecule has 1 aromatic carbocycles. The lowest BCUT2D eigenvalue weighted by Gasteiger charge is -1.97. The van der Waals surface area contributed by atoms with E-state index < -0.39 is 0 Å². The van der Waals surface area contributed by atoms with Crippen molar-refractivity contribution in [1.82, 2.24) is 0 Å². The first-order valence-electron chi connectivity index (χ1n) is 3.65. The standard InChI is InChI=1S/C10H9ClS/c1-2-3-8-12-10-6-4-9(11)5-7-10/h1,4-7H,3,8H2. The second-order valence-corrected chi connectivity index (χ2v) is 3.86. The third kappa shape index (κ3) is 3.21. The molecule has 0 fully saturated rings. The van der Waals surface area contributed by atoms with Crippen molar-refractivity contribution in [2.24, 2.45) is 0 Å². The van der Waals surface area contributed by atoms with Gasteiger partial charge in [-0.15, -0.1) is 24.1 Å². The number of hydrogen-bond donors (Lipinski definition) is 0. The van der Waals surface area contributed by atoms with Crippen LogP contribution in [0.3, 0.4) is 0 Å². The third-order valence-corrected chi connectivity index (χ3v) is 2.59. The van der Waals surface area contributed by atoms with E-state index >= 15 is 0 Å². The molecule has 0 aromatic heterocycles. The highest BCUT2D eigenvalue weighted by molar-refractivity contribution is 7.99. The molecule has 0 saturated heterocycles. The van der Waals surface area contributed by atoms with Crippen LogP contribution in [-0.2, 0) is 0 Å². The molecule has 0 aliphatic rings. The molecule has 0 radical (unpaired) electrons. The van der Waals surface area contributed by atoms with Gasteiger partial charge < -0.3 is 0 Å². The van der Waals surface area contributed by atoms with Gasteiger partial charge >= 0.3 is 0 Å². The Kier molecular flexibility index (Phi) is 4.07. The molecule has 0 bridgehead atoms. The zero-order valence-corrected chi connectivity index (χ0v) is 8.16. The van der Waals surface area contributed by atoms with Gasteiger partial charge in [0.15, 0.2) is 0 Å². The summed E-state index contributed by atoms with van der Waals surface area (Å²) in [5.74, 6) is 3.57. The number of rotatable bonds is 3. The van der Waals surface area contributed by atoms with Crippen molar-refractivity contribution in [2.45, 2.75) is 11.3 Å². The number of thioether (sulfide) groups is 1. The van der Waals surface area contributed by atoms with Gasteiger partial charge in [-0.3, -0.25) is 0 Å². The Balaban J connectivity index is 2.43. The summed E-state index contributed by atoms with van der Waals surface area (Å²) in [6.45, 7) is 0. The highest BCUT2D eigenvalue weighted by Gasteiger charge is 1.92. The molecular weight excluding hydrogens is 188 g/mol. The van der Waals surface area contributed by atoms with Crippen LogP contribution in [0.1, 0.15) is 6.42 Å². The van der Waals surface area contributed by atoms with E-state index in [1.807, 2.05) is 24.3 Å². The number of hydrogen-bond acceptors (Lipinski definition) is 1. The van der Waals surface area contributed by atoms with Crippen LogP contribution in [-0.4, -0.2) is 5.75 Å². The topological polar surface area (TPSA) is 0 Å². The fourth-order valence-corrected chi connectivity index (χ4v) is 1.67. The fourth-order valence-electron chi connectivity index (χ4n) is 0.759. The summed E-state index contributed by atoms with van der Waals surface area (Å²) in [5, 5.41) is 0.774. The van der Waals surface area contributed by atoms with E-state index in [0.717, 1.165) is 17.2 Å². The molecule has 0 N–H and O–H groups in total. The van der Waals surface area contributed by atoms with Gasteiger partial charge in [0.05, 0.1) is 0 Å². The maximum absolute atomic E-state index is 5.73. The molecule has 0 heterocycles. The smallest absolute Gasteiger partial charge is 0.0406 e. The maximum atomic E-state index is 5.73. The Morgan fingerprint density at radius 3 is 2.58 bits per heavy atom. The van der Waals surface area contributed by atoms with Crippen molar-refractivity contribution in [3.8, 4) is 12.3 Å². The molecule has 0 atom stereocenters. The quantitative estimate of drug-likeness (QED) is 0.406. The Morgan fingerprint density at radius 1 is 1.33 bits per heavy atom. The molecule has 0 amide bonds. The zero-order valence-electron chi connectivity index (χ0n) is 6.59. The Hall–Kier alpha value is -0.580. The molecule has 62 valence electrons. The minimum atomic E-state index is 0.774. The van der Waals surface area contributed by atoms with Crippen LogP contribution >= 0.6 is 23.4 Å². The maximum Gasteiger partial charge on any atom is 0.0406 e. The first-order valence-corrected chi connectivity index (χ1v) is 5.01. The lowest BCUT2D eigenvalue weighted by atomic mass is 10.4. The average molecular weight is 197 g/mol. The predicted octanol–water partition coefficient (Wildman–Crippen LogP) is 3.46. The molecule has 0 nitrogen and oxygen atoms in total. The summed E-state index contributed by atoms with van der Waals surface area (Å²) in [6, 6.07) is 7.78. The molecule has 2 heteroatoms. The van der Waals surface area contributed by atoms with Crippen molar-refractivity contribution >= 4 is 23.4 Å². The van der Waals surface area contributed by atoms with E-state index in [2.05, 4.69) is 5.92 Å². The molecule has 0 unspecified atom stereocenters. The van der Waals surface area contributed by atoms with Crippen LogP contribution < -0.4 is 0 Å². The summed E-state index contributed by atoms with van der Waals surface area (Å²) in [7, 11) is 0. The largest absolute Gasteiger partial charge is 0.125 e. The van der Waals surface area contributed by atoms with Crippen molar-refractivity contribution in [3.63, 3.8) is 0 Å². The van der Waals surface area contributed by atoms with Gasteiger partial charge in [-0.1, -0.05) is 11.6 Å². The Labute approximate surface area is 82.3 Å². The number of terminal acetylenes is 1. The SMILES string of the molecule is C#CCCSc1ccc(Cl)cc1. The van der Waals surface area contributed by atoms with Gasteiger partial charge in [0.25, 0.3) is 0 Å². The molecule has 1 rings (SSSR count). The normalized spacial score (nSPS) is 9.33. The summed E-state index contributed by atoms with van der Waals surface area (Å²) in [4.78, 5) is 1.22. The lowest BCUT2D eigenvalue weighted by Crippen LogP contribution is -1.76. The van der Waals surface area contributed by atoms with Crippen LogP contribution in [0.25, 0.3) is 0 Å². The van der Waals surface area contributed by atoms with E-state index in [9.17, 15) is 0 Å². The molecule has 0 aliphatic heterocycles. The predicted molar refractivity (Wildman–Crippen MR) is 55.6 cm³/mol. The molecule has 0 saturated carbocycles. The molecule has 12 heavy (non-hydrogen) atoms. The minimum absolute atomic E-state index is 0.774. The van der Waals surface area contributed by atoms with E-state index in [4.69, 9.17) is 18.0 Å². The highest BCUT2D eigenvalue weighted by atomic mass is 35.5. The van der Waals surface area contributed by atoms with Crippen LogP contribution in [0.15, 0.2) is 29.2 Å². The van der Waals surface area contributed by atoms with E-state index in [-0.39, 0.29) is 0 Å². The Bertz CT molecular complexity index is 271. The molecule has 1 aromatic rings. The van der Waals surface area contributed by atoms with Gasteiger partial charge in [0.1, 0.15) is 0 Å². The van der Waals surface area contributed by atoms with Crippen LogP contribution in [0.4, 0.5) is 0 Å². The molecular formula is C10H9ClS. The second-order valence-electron chi connectivity index (χ2n) is 2.26. The van der Waals surface area contributed by atoms with Gasteiger partial charge in [-0.25, -0.2) is 0 Å².